The summed E-state index contributed by atoms with van der Waals surface area (Å²) in [6, 6.07) is 0. The summed E-state index contributed by atoms with van der Waals surface area (Å²) in [4.78, 5) is 10.3. The monoisotopic (exact) mass is 204 g/mol. The van der Waals surface area contributed by atoms with Crippen LogP contribution >= 0.6 is 0 Å². The average molecular weight is 204 g/mol. The standard InChI is InChI=1S/C9H16O3S/c10-9(11)7-13(12)8-5-3-1-2-4-6-8/h8H,1-7H2,(H,10,11). The molecule has 1 aliphatic rings. The molecule has 3 nitrogen and oxygen atoms in total. The van der Waals surface area contributed by atoms with E-state index < -0.39 is 16.8 Å². The number of rotatable bonds is 3. The third-order valence-corrected chi connectivity index (χ3v) is 4.19. The zero-order valence-corrected chi connectivity index (χ0v) is 8.52. The summed E-state index contributed by atoms with van der Waals surface area (Å²) in [5.41, 5.74) is 0. The number of hydrogen-bond acceptors (Lipinski definition) is 2. The highest BCUT2D eigenvalue weighted by atomic mass is 32.2. The smallest absolute Gasteiger partial charge is 0.316 e. The van der Waals surface area contributed by atoms with Crippen LogP contribution in [-0.4, -0.2) is 26.3 Å². The van der Waals surface area contributed by atoms with Crippen molar-refractivity contribution in [3.63, 3.8) is 0 Å². The van der Waals surface area contributed by atoms with Gasteiger partial charge in [0.05, 0.1) is 0 Å². The van der Waals surface area contributed by atoms with Crippen LogP contribution in [0.3, 0.4) is 0 Å². The molecule has 76 valence electrons. The first-order chi connectivity index (χ1) is 6.20. The molecule has 1 rings (SSSR count). The highest BCUT2D eigenvalue weighted by Gasteiger charge is 2.20. The number of carboxylic acid groups (broad SMARTS) is 1. The van der Waals surface area contributed by atoms with E-state index in [2.05, 4.69) is 0 Å². The molecule has 0 aromatic rings. The lowest BCUT2D eigenvalue weighted by Crippen LogP contribution is -2.21. The lowest BCUT2D eigenvalue weighted by molar-refractivity contribution is -0.133. The van der Waals surface area contributed by atoms with Crippen molar-refractivity contribution >= 4 is 16.8 Å². The third-order valence-electron chi connectivity index (χ3n) is 2.44. The second-order valence-electron chi connectivity index (χ2n) is 3.53. The molecule has 0 saturated heterocycles. The fraction of sp³-hybridized carbons (Fsp3) is 0.889. The summed E-state index contributed by atoms with van der Waals surface area (Å²) >= 11 is 0. The molecule has 1 fully saturated rings. The van der Waals surface area contributed by atoms with Gasteiger partial charge in [-0.3, -0.25) is 9.00 Å². The van der Waals surface area contributed by atoms with Crippen molar-refractivity contribution in [3.8, 4) is 0 Å². The molecule has 1 saturated carbocycles. The van der Waals surface area contributed by atoms with Crippen LogP contribution in [0.5, 0.6) is 0 Å². The molecular weight excluding hydrogens is 188 g/mol. The zero-order chi connectivity index (χ0) is 9.68. The molecule has 0 aromatic carbocycles. The quantitative estimate of drug-likeness (QED) is 0.709. The van der Waals surface area contributed by atoms with Gasteiger partial charge in [0.25, 0.3) is 0 Å². The van der Waals surface area contributed by atoms with Crippen LogP contribution in [0.15, 0.2) is 0 Å². The Labute approximate surface area is 81.0 Å². The Kier molecular flexibility index (Phi) is 4.42. The summed E-state index contributed by atoms with van der Waals surface area (Å²) in [5.74, 6) is -1.12. The van der Waals surface area contributed by atoms with Gasteiger partial charge in [-0.15, -0.1) is 0 Å². The zero-order valence-electron chi connectivity index (χ0n) is 7.70. The summed E-state index contributed by atoms with van der Waals surface area (Å²) < 4.78 is 11.5. The predicted molar refractivity (Wildman–Crippen MR) is 52.1 cm³/mol. The summed E-state index contributed by atoms with van der Waals surface area (Å²) in [7, 11) is -1.15. The Morgan fingerprint density at radius 1 is 1.23 bits per heavy atom. The molecule has 1 aliphatic carbocycles. The van der Waals surface area contributed by atoms with Gasteiger partial charge in [0.1, 0.15) is 5.75 Å². The number of carbonyl (C=O) groups is 1. The normalized spacial score (nSPS) is 22.2. The van der Waals surface area contributed by atoms with Crippen molar-refractivity contribution in [2.24, 2.45) is 0 Å². The van der Waals surface area contributed by atoms with Crippen LogP contribution in [0.25, 0.3) is 0 Å². The highest BCUT2D eigenvalue weighted by molar-refractivity contribution is 7.86. The molecule has 0 aromatic heterocycles. The third kappa shape index (κ3) is 3.89. The maximum absolute atomic E-state index is 11.5. The van der Waals surface area contributed by atoms with Gasteiger partial charge in [-0.2, -0.15) is 0 Å². The van der Waals surface area contributed by atoms with Crippen molar-refractivity contribution in [2.45, 2.75) is 43.8 Å². The Bertz CT molecular complexity index is 195. The van der Waals surface area contributed by atoms with Crippen molar-refractivity contribution in [1.82, 2.24) is 0 Å². The second-order valence-corrected chi connectivity index (χ2v) is 5.25. The van der Waals surface area contributed by atoms with Crippen LogP contribution in [0.2, 0.25) is 0 Å². The molecule has 4 heteroatoms. The first-order valence-corrected chi connectivity index (χ1v) is 6.17. The first-order valence-electron chi connectivity index (χ1n) is 4.79. The van der Waals surface area contributed by atoms with Crippen LogP contribution in [0.1, 0.15) is 38.5 Å². The van der Waals surface area contributed by atoms with Gasteiger partial charge in [-0.25, -0.2) is 0 Å². The second kappa shape index (κ2) is 5.37. The predicted octanol–water partition coefficient (Wildman–Crippen LogP) is 1.54. The molecule has 0 bridgehead atoms. The Balaban J connectivity index is 2.39. The minimum atomic E-state index is -1.15. The van der Waals surface area contributed by atoms with E-state index in [1.165, 1.54) is 12.8 Å². The van der Waals surface area contributed by atoms with Gasteiger partial charge < -0.3 is 5.11 Å². The van der Waals surface area contributed by atoms with Crippen molar-refractivity contribution in [3.05, 3.63) is 0 Å². The van der Waals surface area contributed by atoms with E-state index in [-0.39, 0.29) is 11.0 Å². The maximum atomic E-state index is 11.5. The van der Waals surface area contributed by atoms with Gasteiger partial charge in [-0.05, 0) is 12.8 Å². The largest absolute Gasteiger partial charge is 0.481 e. The molecule has 0 radical (unpaired) electrons. The summed E-state index contributed by atoms with van der Waals surface area (Å²) in [6.07, 6.45) is 6.52. The maximum Gasteiger partial charge on any atom is 0.316 e. The lowest BCUT2D eigenvalue weighted by atomic mass is 10.2. The topological polar surface area (TPSA) is 54.4 Å². The van der Waals surface area contributed by atoms with Crippen LogP contribution in [0, 0.1) is 0 Å². The molecule has 1 N–H and O–H groups in total. The average Bonchev–Trinajstić information content (AvgIpc) is 2.29. The van der Waals surface area contributed by atoms with Crippen molar-refractivity contribution in [1.29, 1.82) is 0 Å². The van der Waals surface area contributed by atoms with E-state index in [1.54, 1.807) is 0 Å². The fourth-order valence-corrected chi connectivity index (χ4v) is 3.08. The number of hydrogen-bond donors (Lipinski definition) is 1. The van der Waals surface area contributed by atoms with Crippen molar-refractivity contribution in [2.75, 3.05) is 5.75 Å². The minimum Gasteiger partial charge on any atom is -0.481 e. The Morgan fingerprint density at radius 2 is 1.77 bits per heavy atom. The molecule has 1 atom stereocenters. The fourth-order valence-electron chi connectivity index (χ4n) is 1.74. The van der Waals surface area contributed by atoms with E-state index in [0.29, 0.717) is 0 Å². The summed E-state index contributed by atoms with van der Waals surface area (Å²) in [5, 5.41) is 8.63. The molecule has 13 heavy (non-hydrogen) atoms. The minimum absolute atomic E-state index is 0.138. The molecular formula is C9H16O3S. The SMILES string of the molecule is O=C(O)CS(=O)C1CCCCCC1. The lowest BCUT2D eigenvalue weighted by Gasteiger charge is -2.11. The van der Waals surface area contributed by atoms with Gasteiger partial charge in [-0.1, -0.05) is 25.7 Å². The Morgan fingerprint density at radius 3 is 2.23 bits per heavy atom. The van der Waals surface area contributed by atoms with E-state index in [0.717, 1.165) is 25.7 Å². The van der Waals surface area contributed by atoms with Gasteiger partial charge in [0, 0.05) is 16.0 Å². The first kappa shape index (κ1) is 10.7. The van der Waals surface area contributed by atoms with E-state index in [1.807, 2.05) is 0 Å². The van der Waals surface area contributed by atoms with Gasteiger partial charge in [0.15, 0.2) is 0 Å². The number of carboxylic acids is 1. The van der Waals surface area contributed by atoms with Gasteiger partial charge in [0.2, 0.25) is 0 Å². The van der Waals surface area contributed by atoms with E-state index in [4.69, 9.17) is 5.11 Å². The summed E-state index contributed by atoms with van der Waals surface area (Å²) in [6.45, 7) is 0. The van der Waals surface area contributed by atoms with E-state index >= 15 is 0 Å². The molecule has 0 aliphatic heterocycles. The Hall–Kier alpha value is -0.380. The van der Waals surface area contributed by atoms with Crippen molar-refractivity contribution < 1.29 is 14.1 Å². The van der Waals surface area contributed by atoms with Crippen LogP contribution in [-0.2, 0) is 15.6 Å². The van der Waals surface area contributed by atoms with Crippen LogP contribution in [0.4, 0.5) is 0 Å². The van der Waals surface area contributed by atoms with E-state index in [9.17, 15) is 9.00 Å². The number of aliphatic carboxylic acids is 1. The molecule has 0 amide bonds. The van der Waals surface area contributed by atoms with Gasteiger partial charge >= 0.3 is 5.97 Å². The van der Waals surface area contributed by atoms with Crippen LogP contribution < -0.4 is 0 Å². The highest BCUT2D eigenvalue weighted by Crippen LogP contribution is 2.21. The molecule has 1 unspecified atom stereocenters. The molecule has 0 heterocycles. The molecule has 0 spiro atoms.